The van der Waals surface area contributed by atoms with Crippen molar-refractivity contribution in [1.29, 1.82) is 0 Å². The van der Waals surface area contributed by atoms with Crippen molar-refractivity contribution in [3.8, 4) is 12.3 Å². The summed E-state index contributed by atoms with van der Waals surface area (Å²) in [5.74, 6) is 2.26. The van der Waals surface area contributed by atoms with Crippen LogP contribution in [-0.2, 0) is 9.53 Å². The van der Waals surface area contributed by atoms with E-state index in [4.69, 9.17) is 11.2 Å². The molecule has 0 aromatic rings. The van der Waals surface area contributed by atoms with Gasteiger partial charge in [0.15, 0.2) is 0 Å². The Morgan fingerprint density at radius 2 is 2.11 bits per heavy atom. The molecule has 2 N–H and O–H groups in total. The summed E-state index contributed by atoms with van der Waals surface area (Å²) in [6, 6.07) is 0.612. The number of hydrogen-bond donors (Lipinski definition) is 2. The van der Waals surface area contributed by atoms with Crippen molar-refractivity contribution in [2.24, 2.45) is 0 Å². The summed E-state index contributed by atoms with van der Waals surface area (Å²) >= 11 is 0. The van der Waals surface area contributed by atoms with Gasteiger partial charge in [0, 0.05) is 6.04 Å². The maximum Gasteiger partial charge on any atom is 0.249 e. The van der Waals surface area contributed by atoms with Gasteiger partial charge in [-0.05, 0) is 39.2 Å². The highest BCUT2D eigenvalue weighted by Crippen LogP contribution is 2.22. The van der Waals surface area contributed by atoms with Gasteiger partial charge < -0.3 is 15.4 Å². The maximum absolute atomic E-state index is 11.6. The lowest BCUT2D eigenvalue weighted by molar-refractivity contribution is -0.136. The molecule has 0 aliphatic heterocycles. The van der Waals surface area contributed by atoms with Crippen LogP contribution in [0.4, 0.5) is 0 Å². The van der Waals surface area contributed by atoms with Gasteiger partial charge in [-0.15, -0.1) is 6.42 Å². The summed E-state index contributed by atoms with van der Waals surface area (Å²) in [7, 11) is 0. The third kappa shape index (κ3) is 5.07. The number of amides is 1. The average Bonchev–Trinajstić information content (AvgIpc) is 2.38. The molecule has 1 atom stereocenters. The van der Waals surface area contributed by atoms with Gasteiger partial charge in [0.05, 0.1) is 12.6 Å². The summed E-state index contributed by atoms with van der Waals surface area (Å²) in [5, 5.41) is 6.09. The fourth-order valence-electron chi connectivity index (χ4n) is 2.32. The van der Waals surface area contributed by atoms with Crippen LogP contribution in [0.2, 0.25) is 0 Å². The van der Waals surface area contributed by atoms with Gasteiger partial charge in [-0.25, -0.2) is 0 Å². The number of hydrogen-bond acceptors (Lipinski definition) is 3. The molecule has 1 amide bonds. The van der Waals surface area contributed by atoms with Crippen LogP contribution in [0.5, 0.6) is 0 Å². The Morgan fingerprint density at radius 3 is 2.67 bits per heavy atom. The largest absolute Gasteiger partial charge is 0.365 e. The van der Waals surface area contributed by atoms with Gasteiger partial charge in [0.2, 0.25) is 5.91 Å². The third-order valence-electron chi connectivity index (χ3n) is 3.30. The molecule has 1 fully saturated rings. The Morgan fingerprint density at radius 1 is 1.44 bits per heavy atom. The van der Waals surface area contributed by atoms with Crippen molar-refractivity contribution in [2.45, 2.75) is 57.8 Å². The molecule has 0 aromatic carbocycles. The minimum absolute atomic E-state index is 0.123. The Hall–Kier alpha value is -1.05. The molecule has 0 heterocycles. The molecule has 18 heavy (non-hydrogen) atoms. The molecule has 0 spiro atoms. The van der Waals surface area contributed by atoms with Crippen molar-refractivity contribution in [2.75, 3.05) is 13.1 Å². The first-order valence-electron chi connectivity index (χ1n) is 6.77. The second kappa shape index (κ2) is 8.12. The normalized spacial score (nSPS) is 25.2. The van der Waals surface area contributed by atoms with Crippen LogP contribution < -0.4 is 10.6 Å². The second-order valence-electron chi connectivity index (χ2n) is 4.73. The van der Waals surface area contributed by atoms with Crippen molar-refractivity contribution in [3.05, 3.63) is 0 Å². The molecule has 4 nitrogen and oxygen atoms in total. The lowest BCUT2D eigenvalue weighted by atomic mass is 9.93. The van der Waals surface area contributed by atoms with E-state index >= 15 is 0 Å². The average molecular weight is 252 g/mol. The minimum atomic E-state index is -0.418. The molecule has 4 heteroatoms. The van der Waals surface area contributed by atoms with Gasteiger partial charge >= 0.3 is 0 Å². The predicted octanol–water partition coefficient (Wildman–Crippen LogP) is 1.06. The standard InChI is InChI=1S/C14H24N2O2/c1-4-10-16-14(17)11(3)18-13-8-6-12(7-9-13)15-5-2/h1,11-13,15H,5-10H2,2-3H3,(H,16,17). The molecular weight excluding hydrogens is 228 g/mol. The molecule has 0 aromatic heterocycles. The predicted molar refractivity (Wildman–Crippen MR) is 72.1 cm³/mol. The summed E-state index contributed by atoms with van der Waals surface area (Å²) in [6.07, 6.45) is 9.16. The zero-order valence-electron chi connectivity index (χ0n) is 11.4. The van der Waals surface area contributed by atoms with E-state index in [1.807, 2.05) is 0 Å². The van der Waals surface area contributed by atoms with E-state index in [9.17, 15) is 4.79 Å². The Bertz CT molecular complexity index is 291. The maximum atomic E-state index is 11.6. The summed E-state index contributed by atoms with van der Waals surface area (Å²) in [4.78, 5) is 11.6. The molecule has 102 valence electrons. The Kier molecular flexibility index (Phi) is 6.77. The first-order chi connectivity index (χ1) is 8.67. The number of nitrogens with one attached hydrogen (secondary N) is 2. The number of ether oxygens (including phenoxy) is 1. The van der Waals surface area contributed by atoms with Crippen LogP contribution in [0.3, 0.4) is 0 Å². The fraction of sp³-hybridized carbons (Fsp3) is 0.786. The van der Waals surface area contributed by atoms with Crippen LogP contribution in [-0.4, -0.2) is 37.2 Å². The number of carbonyl (C=O) groups excluding carboxylic acids is 1. The third-order valence-corrected chi connectivity index (χ3v) is 3.30. The van der Waals surface area contributed by atoms with E-state index in [-0.39, 0.29) is 18.6 Å². The molecule has 1 saturated carbocycles. The summed E-state index contributed by atoms with van der Waals surface area (Å²) in [6.45, 7) is 5.18. The molecular formula is C14H24N2O2. The van der Waals surface area contributed by atoms with Crippen LogP contribution in [0.25, 0.3) is 0 Å². The molecule has 1 aliphatic carbocycles. The van der Waals surface area contributed by atoms with Crippen molar-refractivity contribution < 1.29 is 9.53 Å². The monoisotopic (exact) mass is 252 g/mol. The lowest BCUT2D eigenvalue weighted by Crippen LogP contribution is -2.40. The van der Waals surface area contributed by atoms with Gasteiger partial charge in [-0.3, -0.25) is 4.79 Å². The summed E-state index contributed by atoms with van der Waals surface area (Å²) in [5.41, 5.74) is 0. The Labute approximate surface area is 110 Å². The van der Waals surface area contributed by atoms with E-state index in [1.165, 1.54) is 0 Å². The van der Waals surface area contributed by atoms with Crippen LogP contribution in [0.15, 0.2) is 0 Å². The Balaban J connectivity index is 2.23. The molecule has 0 radical (unpaired) electrons. The molecule has 0 saturated heterocycles. The van der Waals surface area contributed by atoms with Gasteiger partial charge in [-0.1, -0.05) is 12.8 Å². The zero-order valence-corrected chi connectivity index (χ0v) is 11.4. The van der Waals surface area contributed by atoms with Gasteiger partial charge in [0.1, 0.15) is 6.10 Å². The first-order valence-corrected chi connectivity index (χ1v) is 6.77. The van der Waals surface area contributed by atoms with Gasteiger partial charge in [0.25, 0.3) is 0 Å². The van der Waals surface area contributed by atoms with Gasteiger partial charge in [-0.2, -0.15) is 0 Å². The molecule has 1 unspecified atom stereocenters. The highest BCUT2D eigenvalue weighted by Gasteiger charge is 2.24. The lowest BCUT2D eigenvalue weighted by Gasteiger charge is -2.30. The van der Waals surface area contributed by atoms with Crippen molar-refractivity contribution in [1.82, 2.24) is 10.6 Å². The number of rotatable bonds is 6. The minimum Gasteiger partial charge on any atom is -0.365 e. The number of carbonyl (C=O) groups is 1. The van der Waals surface area contributed by atoms with Crippen LogP contribution >= 0.6 is 0 Å². The van der Waals surface area contributed by atoms with E-state index < -0.39 is 6.10 Å². The number of terminal acetylenes is 1. The SMILES string of the molecule is C#CCNC(=O)C(C)OC1CCC(NCC)CC1. The fourth-order valence-corrected chi connectivity index (χ4v) is 2.32. The van der Waals surface area contributed by atoms with Crippen LogP contribution in [0.1, 0.15) is 39.5 Å². The quantitative estimate of drug-likeness (QED) is 0.695. The summed E-state index contributed by atoms with van der Waals surface area (Å²) < 4.78 is 5.77. The highest BCUT2D eigenvalue weighted by molar-refractivity contribution is 5.80. The van der Waals surface area contributed by atoms with Crippen molar-refractivity contribution >= 4 is 5.91 Å². The topological polar surface area (TPSA) is 50.4 Å². The zero-order chi connectivity index (χ0) is 13.4. The highest BCUT2D eigenvalue weighted by atomic mass is 16.5. The molecule has 1 rings (SSSR count). The second-order valence-corrected chi connectivity index (χ2v) is 4.73. The van der Waals surface area contributed by atoms with E-state index in [0.717, 1.165) is 32.2 Å². The molecule has 1 aliphatic rings. The van der Waals surface area contributed by atoms with Crippen molar-refractivity contribution in [3.63, 3.8) is 0 Å². The van der Waals surface area contributed by atoms with E-state index in [2.05, 4.69) is 23.5 Å². The van der Waals surface area contributed by atoms with Crippen LogP contribution in [0, 0.1) is 12.3 Å². The van der Waals surface area contributed by atoms with E-state index in [0.29, 0.717) is 6.04 Å². The first kappa shape index (κ1) is 15.0. The molecule has 0 bridgehead atoms. The van der Waals surface area contributed by atoms with E-state index in [1.54, 1.807) is 6.92 Å². The smallest absolute Gasteiger partial charge is 0.249 e.